The van der Waals surface area contributed by atoms with Crippen molar-refractivity contribution in [1.82, 2.24) is 4.90 Å². The summed E-state index contributed by atoms with van der Waals surface area (Å²) in [5.41, 5.74) is 8.19. The average molecular weight is 347 g/mol. The summed E-state index contributed by atoms with van der Waals surface area (Å²) in [5.74, 6) is 0. The number of hydrogen-bond acceptors (Lipinski definition) is 3. The van der Waals surface area contributed by atoms with Crippen LogP contribution < -0.4 is 0 Å². The second-order valence-electron chi connectivity index (χ2n) is 3.35. The van der Waals surface area contributed by atoms with Crippen LogP contribution in [-0.2, 0) is 6.42 Å². The van der Waals surface area contributed by atoms with E-state index in [1.807, 2.05) is 30.1 Å². The van der Waals surface area contributed by atoms with Gasteiger partial charge in [0, 0.05) is 13.6 Å². The van der Waals surface area contributed by atoms with E-state index >= 15 is 0 Å². The molecule has 0 heterocycles. The zero-order chi connectivity index (χ0) is 12.0. The van der Waals surface area contributed by atoms with Gasteiger partial charge in [0.05, 0.1) is 0 Å². The quantitative estimate of drug-likeness (QED) is 0.632. The van der Waals surface area contributed by atoms with Crippen molar-refractivity contribution in [2.75, 3.05) is 13.6 Å². The lowest BCUT2D eigenvalue weighted by molar-refractivity contribution is 0.450. The Balaban J connectivity index is 2.54. The predicted molar refractivity (Wildman–Crippen MR) is 72.8 cm³/mol. The average Bonchev–Trinajstić information content (AvgIpc) is 2.35. The molecule has 0 atom stereocenters. The van der Waals surface area contributed by atoms with Gasteiger partial charge >= 0.3 is 0 Å². The van der Waals surface area contributed by atoms with E-state index in [0.29, 0.717) is 4.61 Å². The molecule has 1 aromatic rings. The van der Waals surface area contributed by atoms with Gasteiger partial charge in [0.2, 0.25) is 0 Å². The van der Waals surface area contributed by atoms with Crippen LogP contribution in [-0.4, -0.2) is 18.5 Å². The van der Waals surface area contributed by atoms with Crippen LogP contribution in [0.5, 0.6) is 0 Å². The standard InChI is InChI=1S/C11H13Br2N3/c1-16(11(13)10(12)15-14)8-7-9-5-3-2-4-6-9/h2-6,14H,7-8H2,1H3/b11-10-,15-14?. The fraction of sp³-hybridized carbons (Fsp3) is 0.273. The van der Waals surface area contributed by atoms with Gasteiger partial charge in [-0.25, -0.2) is 5.53 Å². The molecule has 3 nitrogen and oxygen atoms in total. The zero-order valence-corrected chi connectivity index (χ0v) is 12.1. The Bertz CT molecular complexity index is 376. The summed E-state index contributed by atoms with van der Waals surface area (Å²) < 4.78 is 1.29. The van der Waals surface area contributed by atoms with E-state index < -0.39 is 0 Å². The summed E-state index contributed by atoms with van der Waals surface area (Å²) in [6.07, 6.45) is 0.963. The van der Waals surface area contributed by atoms with Gasteiger partial charge in [-0.1, -0.05) is 30.3 Å². The Kier molecular flexibility index (Phi) is 5.69. The van der Waals surface area contributed by atoms with Crippen LogP contribution >= 0.6 is 31.9 Å². The minimum Gasteiger partial charge on any atom is -0.366 e. The maximum atomic E-state index is 6.89. The highest BCUT2D eigenvalue weighted by molar-refractivity contribution is 9.14. The fourth-order valence-electron chi connectivity index (χ4n) is 1.24. The van der Waals surface area contributed by atoms with Crippen LogP contribution in [0.15, 0.2) is 44.7 Å². The molecule has 0 saturated heterocycles. The smallest absolute Gasteiger partial charge is 0.158 e. The molecule has 0 aliphatic carbocycles. The van der Waals surface area contributed by atoms with Gasteiger partial charge in [-0.05, 0) is 43.8 Å². The maximum absolute atomic E-state index is 6.89. The number of nitrogens with one attached hydrogen (secondary N) is 1. The molecule has 0 spiro atoms. The summed E-state index contributed by atoms with van der Waals surface area (Å²) in [7, 11) is 1.96. The highest BCUT2D eigenvalue weighted by Gasteiger charge is 2.06. The van der Waals surface area contributed by atoms with E-state index in [1.54, 1.807) is 0 Å². The van der Waals surface area contributed by atoms with E-state index in [1.165, 1.54) is 5.56 Å². The molecule has 0 aliphatic heterocycles. The van der Waals surface area contributed by atoms with Crippen molar-refractivity contribution in [1.29, 1.82) is 5.53 Å². The predicted octanol–water partition coefficient (Wildman–Crippen LogP) is 4.11. The van der Waals surface area contributed by atoms with E-state index in [2.05, 4.69) is 49.1 Å². The molecule has 0 saturated carbocycles. The molecule has 16 heavy (non-hydrogen) atoms. The Morgan fingerprint density at radius 2 is 1.94 bits per heavy atom. The van der Waals surface area contributed by atoms with Gasteiger partial charge in [-0.2, -0.15) is 0 Å². The van der Waals surface area contributed by atoms with Crippen molar-refractivity contribution in [3.63, 3.8) is 0 Å². The molecule has 0 radical (unpaired) electrons. The Morgan fingerprint density at radius 1 is 1.31 bits per heavy atom. The first-order valence-electron chi connectivity index (χ1n) is 4.83. The van der Waals surface area contributed by atoms with Crippen LogP contribution in [0, 0.1) is 5.53 Å². The molecule has 1 aromatic carbocycles. The van der Waals surface area contributed by atoms with Gasteiger partial charge in [0.15, 0.2) is 4.61 Å². The Hall–Kier alpha value is -0.680. The minimum absolute atomic E-state index is 0.503. The van der Waals surface area contributed by atoms with Crippen LogP contribution in [0.1, 0.15) is 5.56 Å². The summed E-state index contributed by atoms with van der Waals surface area (Å²) in [5, 5.41) is 3.32. The maximum Gasteiger partial charge on any atom is 0.158 e. The monoisotopic (exact) mass is 345 g/mol. The van der Waals surface area contributed by atoms with E-state index in [-0.39, 0.29) is 0 Å². The van der Waals surface area contributed by atoms with Crippen LogP contribution in [0.25, 0.3) is 0 Å². The largest absolute Gasteiger partial charge is 0.366 e. The second kappa shape index (κ2) is 6.81. The molecule has 1 N–H and O–H groups in total. The third kappa shape index (κ3) is 4.06. The molecule has 0 bridgehead atoms. The molecule has 1 rings (SSSR count). The van der Waals surface area contributed by atoms with Gasteiger partial charge in [-0.3, -0.25) is 0 Å². The molecule has 5 heteroatoms. The summed E-state index contributed by atoms with van der Waals surface area (Å²) >= 11 is 6.59. The van der Waals surface area contributed by atoms with Crippen molar-refractivity contribution < 1.29 is 0 Å². The van der Waals surface area contributed by atoms with Gasteiger partial charge in [0.25, 0.3) is 0 Å². The molecule has 0 unspecified atom stereocenters. The van der Waals surface area contributed by atoms with Crippen molar-refractivity contribution in [2.24, 2.45) is 5.11 Å². The number of likely N-dealkylation sites (N-methyl/N-ethyl adjacent to an activating group) is 1. The van der Waals surface area contributed by atoms with Crippen LogP contribution in [0.2, 0.25) is 0 Å². The molecular weight excluding hydrogens is 334 g/mol. The van der Waals surface area contributed by atoms with E-state index in [9.17, 15) is 0 Å². The summed E-state index contributed by atoms with van der Waals surface area (Å²) in [6.45, 7) is 0.870. The lowest BCUT2D eigenvalue weighted by atomic mass is 10.1. The van der Waals surface area contributed by atoms with Gasteiger partial charge in [0.1, 0.15) is 4.61 Å². The summed E-state index contributed by atoms with van der Waals surface area (Å²) in [4.78, 5) is 2.01. The molecule has 0 amide bonds. The zero-order valence-electron chi connectivity index (χ0n) is 8.95. The fourth-order valence-corrected chi connectivity index (χ4v) is 1.81. The van der Waals surface area contributed by atoms with Crippen LogP contribution in [0.3, 0.4) is 0 Å². The van der Waals surface area contributed by atoms with Crippen molar-refractivity contribution in [2.45, 2.75) is 6.42 Å². The minimum atomic E-state index is 0.503. The first kappa shape index (κ1) is 13.4. The van der Waals surface area contributed by atoms with E-state index in [4.69, 9.17) is 5.53 Å². The number of hydrogen-bond donors (Lipinski definition) is 1. The Morgan fingerprint density at radius 3 is 2.50 bits per heavy atom. The second-order valence-corrected chi connectivity index (χ2v) is 4.85. The number of rotatable bonds is 5. The number of nitrogens with zero attached hydrogens (tertiary/aromatic N) is 2. The van der Waals surface area contributed by atoms with Crippen LogP contribution in [0.4, 0.5) is 0 Å². The SMILES string of the molecule is CN(CCc1ccccc1)/C(Br)=C(/Br)N=N. The first-order valence-corrected chi connectivity index (χ1v) is 6.41. The molecule has 86 valence electrons. The molecule has 0 aromatic heterocycles. The third-order valence-electron chi connectivity index (χ3n) is 2.18. The number of halogens is 2. The van der Waals surface area contributed by atoms with Crippen molar-refractivity contribution >= 4 is 31.9 Å². The van der Waals surface area contributed by atoms with Gasteiger partial charge in [-0.15, -0.1) is 5.11 Å². The Labute approximate surface area is 112 Å². The van der Waals surface area contributed by atoms with Crippen molar-refractivity contribution in [3.8, 4) is 0 Å². The lowest BCUT2D eigenvalue weighted by Crippen LogP contribution is -2.18. The van der Waals surface area contributed by atoms with E-state index in [0.717, 1.165) is 17.6 Å². The first-order chi connectivity index (χ1) is 7.65. The summed E-state index contributed by atoms with van der Waals surface area (Å²) in [6, 6.07) is 10.3. The number of benzene rings is 1. The molecular formula is C11H13Br2N3. The topological polar surface area (TPSA) is 39.5 Å². The normalized spacial score (nSPS) is 11.9. The lowest BCUT2D eigenvalue weighted by Gasteiger charge is -2.18. The highest BCUT2D eigenvalue weighted by Crippen LogP contribution is 2.21. The van der Waals surface area contributed by atoms with Crippen molar-refractivity contribution in [3.05, 3.63) is 45.1 Å². The molecule has 0 fully saturated rings. The van der Waals surface area contributed by atoms with Gasteiger partial charge < -0.3 is 4.90 Å². The third-order valence-corrected chi connectivity index (χ3v) is 4.25. The highest BCUT2D eigenvalue weighted by atomic mass is 79.9. The molecule has 0 aliphatic rings.